The van der Waals surface area contributed by atoms with Gasteiger partial charge in [-0.3, -0.25) is 0 Å². The normalized spacial score (nSPS) is 22.3. The van der Waals surface area contributed by atoms with E-state index in [4.69, 9.17) is 16.3 Å². The van der Waals surface area contributed by atoms with Gasteiger partial charge in [0.1, 0.15) is 11.6 Å². The summed E-state index contributed by atoms with van der Waals surface area (Å²) in [5.74, 6) is 0.496. The van der Waals surface area contributed by atoms with E-state index in [0.29, 0.717) is 5.52 Å². The summed E-state index contributed by atoms with van der Waals surface area (Å²) in [5.41, 5.74) is 1.56. The fourth-order valence-electron chi connectivity index (χ4n) is 2.95. The summed E-state index contributed by atoms with van der Waals surface area (Å²) < 4.78 is 21.3. The van der Waals surface area contributed by atoms with Crippen LogP contribution < -0.4 is 0 Å². The number of imidazole rings is 1. The molecule has 0 amide bonds. The highest BCUT2D eigenvalue weighted by molar-refractivity contribution is 6.20. The van der Waals surface area contributed by atoms with E-state index < -0.39 is 0 Å². The fourth-order valence-corrected chi connectivity index (χ4v) is 3.10. The van der Waals surface area contributed by atoms with Crippen LogP contribution in [0.2, 0.25) is 0 Å². The molecule has 3 nitrogen and oxygen atoms in total. The number of aromatic nitrogens is 2. The molecule has 0 spiro atoms. The van der Waals surface area contributed by atoms with Crippen molar-refractivity contribution >= 4 is 22.6 Å². The molecule has 2 aromatic rings. The van der Waals surface area contributed by atoms with Crippen LogP contribution in [0.25, 0.3) is 11.0 Å². The molecule has 5 heteroatoms. The molecule has 0 radical (unpaired) electrons. The van der Waals surface area contributed by atoms with E-state index in [0.717, 1.165) is 30.8 Å². The van der Waals surface area contributed by atoms with Crippen molar-refractivity contribution in [2.75, 3.05) is 6.61 Å². The van der Waals surface area contributed by atoms with Gasteiger partial charge in [0.25, 0.3) is 0 Å². The summed E-state index contributed by atoms with van der Waals surface area (Å²) in [7, 11) is 0. The molecule has 0 aliphatic carbocycles. The second kappa shape index (κ2) is 5.34. The average molecular weight is 297 g/mol. The first kappa shape index (κ1) is 13.8. The molecule has 1 fully saturated rings. The number of fused-ring (bicyclic) bond motifs is 1. The van der Waals surface area contributed by atoms with Crippen LogP contribution in [0.15, 0.2) is 18.2 Å². The minimum atomic E-state index is -0.277. The van der Waals surface area contributed by atoms with Gasteiger partial charge in [-0.2, -0.15) is 0 Å². The molecule has 1 aromatic heterocycles. The number of hydrogen-bond donors (Lipinski definition) is 0. The molecule has 0 bridgehead atoms. The molecule has 1 aliphatic rings. The van der Waals surface area contributed by atoms with Gasteiger partial charge in [0, 0.05) is 12.7 Å². The van der Waals surface area contributed by atoms with Gasteiger partial charge in [-0.1, -0.05) is 0 Å². The monoisotopic (exact) mass is 296 g/mol. The van der Waals surface area contributed by atoms with Crippen molar-refractivity contribution in [3.8, 4) is 0 Å². The third-order valence-electron chi connectivity index (χ3n) is 3.94. The molecule has 3 rings (SSSR count). The smallest absolute Gasteiger partial charge is 0.128 e. The molecule has 0 saturated carbocycles. The van der Waals surface area contributed by atoms with E-state index in [1.165, 1.54) is 12.1 Å². The molecular weight excluding hydrogens is 279 g/mol. The molecule has 1 saturated heterocycles. The van der Waals surface area contributed by atoms with Crippen LogP contribution in [0.3, 0.4) is 0 Å². The molecule has 1 aliphatic heterocycles. The Morgan fingerprint density at radius 3 is 2.90 bits per heavy atom. The Bertz CT molecular complexity index is 620. The van der Waals surface area contributed by atoms with Crippen LogP contribution in [0.4, 0.5) is 4.39 Å². The number of nitrogens with zero attached hydrogens (tertiary/aromatic N) is 2. The molecule has 1 aromatic carbocycles. The zero-order valence-electron chi connectivity index (χ0n) is 11.6. The van der Waals surface area contributed by atoms with Gasteiger partial charge in [-0.15, -0.1) is 11.6 Å². The van der Waals surface area contributed by atoms with Crippen molar-refractivity contribution < 1.29 is 9.13 Å². The van der Waals surface area contributed by atoms with Gasteiger partial charge in [-0.05, 0) is 38.8 Å². The quantitative estimate of drug-likeness (QED) is 0.793. The lowest BCUT2D eigenvalue weighted by Gasteiger charge is -2.23. The maximum Gasteiger partial charge on any atom is 0.128 e. The van der Waals surface area contributed by atoms with Crippen LogP contribution in [-0.2, 0) is 4.74 Å². The number of ether oxygens (including phenoxy) is 1. The lowest BCUT2D eigenvalue weighted by atomic mass is 10.1. The second-order valence-electron chi connectivity index (χ2n) is 5.38. The minimum absolute atomic E-state index is 0.143. The molecule has 2 heterocycles. The standard InChI is InChI=1S/C15H18ClFN2O/c1-9(16)15-18-12-8-11(17)5-6-13(12)19(15)10(2)14-4-3-7-20-14/h5-6,8-10,14H,3-4,7H2,1-2H3. The van der Waals surface area contributed by atoms with Crippen molar-refractivity contribution in [1.82, 2.24) is 9.55 Å². The minimum Gasteiger partial charge on any atom is -0.376 e. The topological polar surface area (TPSA) is 27.1 Å². The van der Waals surface area contributed by atoms with Crippen molar-refractivity contribution in [2.45, 2.75) is 44.2 Å². The predicted molar refractivity (Wildman–Crippen MR) is 77.6 cm³/mol. The lowest BCUT2D eigenvalue weighted by molar-refractivity contribution is 0.0736. The Morgan fingerprint density at radius 2 is 2.25 bits per heavy atom. The summed E-state index contributed by atoms with van der Waals surface area (Å²) in [4.78, 5) is 4.50. The molecule has 3 atom stereocenters. The highest BCUT2D eigenvalue weighted by atomic mass is 35.5. The van der Waals surface area contributed by atoms with Crippen LogP contribution in [0, 0.1) is 5.82 Å². The fraction of sp³-hybridized carbons (Fsp3) is 0.533. The Morgan fingerprint density at radius 1 is 1.45 bits per heavy atom. The highest BCUT2D eigenvalue weighted by Crippen LogP contribution is 2.33. The number of halogens is 2. The van der Waals surface area contributed by atoms with E-state index in [2.05, 4.69) is 16.5 Å². The van der Waals surface area contributed by atoms with Gasteiger partial charge in [0.15, 0.2) is 0 Å². The van der Waals surface area contributed by atoms with Gasteiger partial charge in [0.05, 0.1) is 28.6 Å². The zero-order valence-corrected chi connectivity index (χ0v) is 12.4. The Kier molecular flexibility index (Phi) is 3.69. The molecule has 108 valence electrons. The predicted octanol–water partition coefficient (Wildman–Crippen LogP) is 4.22. The van der Waals surface area contributed by atoms with E-state index in [1.807, 2.05) is 6.92 Å². The summed E-state index contributed by atoms with van der Waals surface area (Å²) in [6, 6.07) is 4.83. The first-order valence-corrected chi connectivity index (χ1v) is 7.44. The van der Waals surface area contributed by atoms with Crippen LogP contribution in [0.1, 0.15) is 43.9 Å². The van der Waals surface area contributed by atoms with Crippen molar-refractivity contribution in [3.05, 3.63) is 29.8 Å². The summed E-state index contributed by atoms with van der Waals surface area (Å²) in [6.45, 7) is 4.81. The van der Waals surface area contributed by atoms with Crippen molar-refractivity contribution in [3.63, 3.8) is 0 Å². The van der Waals surface area contributed by atoms with E-state index in [-0.39, 0.29) is 23.3 Å². The van der Waals surface area contributed by atoms with Crippen LogP contribution in [-0.4, -0.2) is 22.3 Å². The van der Waals surface area contributed by atoms with Gasteiger partial charge in [0.2, 0.25) is 0 Å². The zero-order chi connectivity index (χ0) is 14.3. The Hall–Kier alpha value is -1.13. The van der Waals surface area contributed by atoms with Gasteiger partial charge >= 0.3 is 0 Å². The third kappa shape index (κ3) is 2.31. The van der Waals surface area contributed by atoms with Crippen LogP contribution >= 0.6 is 11.6 Å². The third-order valence-corrected chi connectivity index (χ3v) is 4.14. The number of benzene rings is 1. The second-order valence-corrected chi connectivity index (χ2v) is 6.04. The number of alkyl halides is 1. The maximum absolute atomic E-state index is 13.4. The van der Waals surface area contributed by atoms with Crippen molar-refractivity contribution in [1.29, 1.82) is 0 Å². The summed E-state index contributed by atoms with van der Waals surface area (Å²) in [5, 5.41) is -0.227. The van der Waals surface area contributed by atoms with Crippen LogP contribution in [0.5, 0.6) is 0 Å². The van der Waals surface area contributed by atoms with E-state index >= 15 is 0 Å². The SMILES string of the molecule is CC(Cl)c1nc2cc(F)ccc2n1C(C)C1CCCO1. The van der Waals surface area contributed by atoms with Gasteiger partial charge < -0.3 is 9.30 Å². The van der Waals surface area contributed by atoms with E-state index in [1.54, 1.807) is 6.07 Å². The average Bonchev–Trinajstić information content (AvgIpc) is 3.04. The highest BCUT2D eigenvalue weighted by Gasteiger charge is 2.28. The molecule has 20 heavy (non-hydrogen) atoms. The molecule has 0 N–H and O–H groups in total. The lowest BCUT2D eigenvalue weighted by Crippen LogP contribution is -2.22. The number of hydrogen-bond acceptors (Lipinski definition) is 2. The first-order chi connectivity index (χ1) is 9.58. The summed E-state index contributed by atoms with van der Waals surface area (Å²) >= 11 is 6.25. The first-order valence-electron chi connectivity index (χ1n) is 7.01. The van der Waals surface area contributed by atoms with Gasteiger partial charge in [-0.25, -0.2) is 9.37 Å². The Balaban J connectivity index is 2.13. The Labute approximate surface area is 122 Å². The van der Waals surface area contributed by atoms with Crippen molar-refractivity contribution in [2.24, 2.45) is 0 Å². The molecular formula is C15H18ClFN2O. The van der Waals surface area contributed by atoms with E-state index in [9.17, 15) is 4.39 Å². The largest absolute Gasteiger partial charge is 0.376 e. The summed E-state index contributed by atoms with van der Waals surface area (Å²) in [6.07, 6.45) is 2.30. The molecule has 3 unspecified atom stereocenters. The number of rotatable bonds is 3. The maximum atomic E-state index is 13.4.